The van der Waals surface area contributed by atoms with E-state index < -0.39 is 5.97 Å². The van der Waals surface area contributed by atoms with Gasteiger partial charge in [0, 0.05) is 35.3 Å². The summed E-state index contributed by atoms with van der Waals surface area (Å²) in [4.78, 5) is 27.1. The average Bonchev–Trinajstić information content (AvgIpc) is 2.96. The number of benzene rings is 4. The number of halogens is 1. The van der Waals surface area contributed by atoms with Gasteiger partial charge >= 0.3 is 5.97 Å². The number of nitrogens with zero attached hydrogens (tertiary/aromatic N) is 1. The number of hydrogen-bond donors (Lipinski definition) is 1. The molecule has 0 heterocycles. The van der Waals surface area contributed by atoms with Gasteiger partial charge in [0.25, 0.3) is 5.91 Å². The summed E-state index contributed by atoms with van der Waals surface area (Å²) in [7, 11) is 3.13. The third-order valence-corrected chi connectivity index (χ3v) is 6.73. The van der Waals surface area contributed by atoms with E-state index in [1.54, 1.807) is 43.4 Å². The molecule has 0 aliphatic carbocycles. The highest BCUT2D eigenvalue weighted by Crippen LogP contribution is 2.31. The van der Waals surface area contributed by atoms with Crippen LogP contribution in [0.3, 0.4) is 0 Å². The Hall–Kier alpha value is -4.49. The van der Waals surface area contributed by atoms with Crippen LogP contribution in [0.5, 0.6) is 23.0 Å². The lowest BCUT2D eigenvalue weighted by molar-refractivity contribution is 0.0692. The van der Waals surface area contributed by atoms with Crippen LogP contribution in [0, 0.1) is 6.92 Å². The Kier molecular flexibility index (Phi) is 9.30. The molecule has 4 aromatic carbocycles. The predicted octanol–water partition coefficient (Wildman–Crippen LogP) is 7.04. The molecule has 0 fully saturated rings. The van der Waals surface area contributed by atoms with Crippen LogP contribution in [-0.2, 0) is 13.0 Å². The van der Waals surface area contributed by atoms with Gasteiger partial charge in [-0.25, -0.2) is 4.79 Å². The molecule has 40 heavy (non-hydrogen) atoms. The van der Waals surface area contributed by atoms with Crippen molar-refractivity contribution in [2.24, 2.45) is 0 Å². The average molecular weight is 560 g/mol. The largest absolute Gasteiger partial charge is 0.496 e. The second-order valence-electron chi connectivity index (χ2n) is 9.16. The van der Waals surface area contributed by atoms with Crippen LogP contribution in [-0.4, -0.2) is 42.6 Å². The summed E-state index contributed by atoms with van der Waals surface area (Å²) in [5, 5.41) is 9.83. The van der Waals surface area contributed by atoms with E-state index in [0.29, 0.717) is 47.3 Å². The van der Waals surface area contributed by atoms with Gasteiger partial charge in [0.05, 0.1) is 14.2 Å². The maximum atomic E-state index is 13.8. The molecule has 0 spiro atoms. The molecule has 0 saturated carbocycles. The number of methoxy groups -OCH3 is 2. The molecule has 206 valence electrons. The summed E-state index contributed by atoms with van der Waals surface area (Å²) in [5.41, 5.74) is 3.30. The second kappa shape index (κ2) is 13.0. The first-order valence-corrected chi connectivity index (χ1v) is 13.0. The highest BCUT2D eigenvalue weighted by Gasteiger charge is 2.20. The lowest BCUT2D eigenvalue weighted by Crippen LogP contribution is -2.32. The van der Waals surface area contributed by atoms with Gasteiger partial charge in [-0.05, 0) is 60.9 Å². The molecule has 4 aromatic rings. The number of hydrogen-bond acceptors (Lipinski definition) is 5. The zero-order valence-electron chi connectivity index (χ0n) is 22.5. The molecule has 0 aliphatic rings. The maximum absolute atomic E-state index is 13.8. The molecule has 0 saturated heterocycles. The monoisotopic (exact) mass is 559 g/mol. The lowest BCUT2D eigenvalue weighted by atomic mass is 10.1. The molecular formula is C32H30ClNO6. The number of rotatable bonds is 11. The third-order valence-electron chi connectivity index (χ3n) is 6.50. The number of aromatic carboxylic acids is 1. The zero-order valence-corrected chi connectivity index (χ0v) is 23.3. The molecule has 0 aromatic heterocycles. The quantitative estimate of drug-likeness (QED) is 0.212. The van der Waals surface area contributed by atoms with Gasteiger partial charge in [-0.15, -0.1) is 0 Å². The topological polar surface area (TPSA) is 85.3 Å². The fourth-order valence-electron chi connectivity index (χ4n) is 4.32. The number of carboxylic acid groups (broad SMARTS) is 1. The SMILES string of the molecule is COc1cc(C(=O)N(CCc2ccccc2)Cc2ccc(Oc3cc(Cl)ccc3C(=O)O)cc2)cc(OC)c1C. The Labute approximate surface area is 238 Å². The summed E-state index contributed by atoms with van der Waals surface area (Å²) >= 11 is 6.04. The number of carbonyl (C=O) groups is 2. The lowest BCUT2D eigenvalue weighted by Gasteiger charge is -2.24. The van der Waals surface area contributed by atoms with Gasteiger partial charge in [-0.2, -0.15) is 0 Å². The van der Waals surface area contributed by atoms with E-state index in [1.807, 2.05) is 49.4 Å². The summed E-state index contributed by atoms with van der Waals surface area (Å²) in [6.45, 7) is 2.72. The molecule has 4 rings (SSSR count). The Morgan fingerprint density at radius 3 is 2.08 bits per heavy atom. The van der Waals surface area contributed by atoms with E-state index >= 15 is 0 Å². The molecule has 0 aliphatic heterocycles. The molecule has 0 unspecified atom stereocenters. The van der Waals surface area contributed by atoms with Gasteiger partial charge < -0.3 is 24.2 Å². The standard InChI is InChI=1S/C32H30ClNO6/c1-21-28(38-2)17-24(18-29(21)39-3)31(35)34(16-15-22-7-5-4-6-8-22)20-23-9-12-26(13-10-23)40-30-19-25(33)11-14-27(30)32(36)37/h4-14,17-19H,15-16,20H2,1-3H3,(H,36,37). The molecule has 7 nitrogen and oxygen atoms in total. The number of amides is 1. The molecular weight excluding hydrogens is 530 g/mol. The minimum Gasteiger partial charge on any atom is -0.496 e. The van der Waals surface area contributed by atoms with E-state index in [9.17, 15) is 14.7 Å². The first kappa shape index (κ1) is 28.5. The minimum absolute atomic E-state index is 0.00937. The van der Waals surface area contributed by atoms with Gasteiger partial charge in [-0.3, -0.25) is 4.79 Å². The third kappa shape index (κ3) is 6.93. The van der Waals surface area contributed by atoms with Gasteiger partial charge in [-0.1, -0.05) is 54.1 Å². The summed E-state index contributed by atoms with van der Waals surface area (Å²) in [6, 6.07) is 25.0. The van der Waals surface area contributed by atoms with Crippen LogP contribution in [0.25, 0.3) is 0 Å². The van der Waals surface area contributed by atoms with Crippen LogP contribution in [0.2, 0.25) is 5.02 Å². The molecule has 0 radical (unpaired) electrons. The van der Waals surface area contributed by atoms with Crippen molar-refractivity contribution in [2.45, 2.75) is 19.9 Å². The van der Waals surface area contributed by atoms with Crippen molar-refractivity contribution in [1.29, 1.82) is 0 Å². The number of ether oxygens (including phenoxy) is 3. The Balaban J connectivity index is 1.58. The van der Waals surface area contributed by atoms with Crippen molar-refractivity contribution in [3.8, 4) is 23.0 Å². The molecule has 0 atom stereocenters. The van der Waals surface area contributed by atoms with E-state index in [0.717, 1.165) is 16.7 Å². The van der Waals surface area contributed by atoms with Crippen molar-refractivity contribution in [2.75, 3.05) is 20.8 Å². The Morgan fingerprint density at radius 2 is 1.48 bits per heavy atom. The van der Waals surface area contributed by atoms with Crippen LogP contribution in [0.15, 0.2) is 84.9 Å². The fraction of sp³-hybridized carbons (Fsp3) is 0.188. The van der Waals surface area contributed by atoms with Gasteiger partial charge in [0.1, 0.15) is 28.6 Å². The predicted molar refractivity (Wildman–Crippen MR) is 154 cm³/mol. The summed E-state index contributed by atoms with van der Waals surface area (Å²) in [5.74, 6) is 0.486. The molecule has 8 heteroatoms. The Morgan fingerprint density at radius 1 is 0.825 bits per heavy atom. The van der Waals surface area contributed by atoms with E-state index in [4.69, 9.17) is 25.8 Å². The van der Waals surface area contributed by atoms with Crippen LogP contribution in [0.4, 0.5) is 0 Å². The van der Waals surface area contributed by atoms with Crippen LogP contribution < -0.4 is 14.2 Å². The summed E-state index contributed by atoms with van der Waals surface area (Å²) < 4.78 is 16.8. The van der Waals surface area contributed by atoms with Crippen molar-refractivity contribution in [3.05, 3.63) is 118 Å². The minimum atomic E-state index is -1.11. The second-order valence-corrected chi connectivity index (χ2v) is 9.60. The maximum Gasteiger partial charge on any atom is 0.339 e. The zero-order chi connectivity index (χ0) is 28.6. The molecule has 1 N–H and O–H groups in total. The van der Waals surface area contributed by atoms with E-state index in [2.05, 4.69) is 0 Å². The summed E-state index contributed by atoms with van der Waals surface area (Å²) in [6.07, 6.45) is 0.681. The fourth-order valence-corrected chi connectivity index (χ4v) is 4.48. The van der Waals surface area contributed by atoms with Gasteiger partial charge in [0.15, 0.2) is 0 Å². The van der Waals surface area contributed by atoms with Gasteiger partial charge in [0.2, 0.25) is 0 Å². The van der Waals surface area contributed by atoms with Crippen molar-refractivity contribution in [3.63, 3.8) is 0 Å². The van der Waals surface area contributed by atoms with E-state index in [1.165, 1.54) is 18.2 Å². The molecule has 1 amide bonds. The number of carboxylic acids is 1. The van der Waals surface area contributed by atoms with Crippen molar-refractivity contribution in [1.82, 2.24) is 4.90 Å². The smallest absolute Gasteiger partial charge is 0.339 e. The first-order chi connectivity index (χ1) is 19.3. The van der Waals surface area contributed by atoms with E-state index in [-0.39, 0.29) is 17.2 Å². The first-order valence-electron chi connectivity index (χ1n) is 12.6. The van der Waals surface area contributed by atoms with Crippen LogP contribution >= 0.6 is 11.6 Å². The highest BCUT2D eigenvalue weighted by molar-refractivity contribution is 6.30. The Bertz CT molecular complexity index is 1460. The van der Waals surface area contributed by atoms with Crippen molar-refractivity contribution >= 4 is 23.5 Å². The molecule has 0 bridgehead atoms. The number of carbonyl (C=O) groups excluding carboxylic acids is 1. The normalized spacial score (nSPS) is 10.6. The highest BCUT2D eigenvalue weighted by atomic mass is 35.5. The van der Waals surface area contributed by atoms with Crippen LogP contribution in [0.1, 0.15) is 37.4 Å². The van der Waals surface area contributed by atoms with Crippen molar-refractivity contribution < 1.29 is 28.9 Å².